The Balaban J connectivity index is 1.41. The Labute approximate surface area is 160 Å². The van der Waals surface area contributed by atoms with E-state index in [-0.39, 0.29) is 5.91 Å². The Hall–Kier alpha value is -2.12. The number of para-hydroxylation sites is 1. The zero-order valence-corrected chi connectivity index (χ0v) is 15.8. The van der Waals surface area contributed by atoms with Gasteiger partial charge in [0.15, 0.2) is 6.20 Å². The fourth-order valence-electron chi connectivity index (χ4n) is 3.22. The number of pyridine rings is 1. The normalized spacial score (nSPS) is 17.5. The highest BCUT2D eigenvalue weighted by atomic mass is 32.2. The van der Waals surface area contributed by atoms with Crippen LogP contribution in [0.25, 0.3) is 10.2 Å². The van der Waals surface area contributed by atoms with Gasteiger partial charge in [-0.1, -0.05) is 12.1 Å². The molecule has 134 valence electrons. The molecule has 1 aliphatic rings. The van der Waals surface area contributed by atoms with E-state index in [1.165, 1.54) is 22.7 Å². The summed E-state index contributed by atoms with van der Waals surface area (Å²) in [5.74, 6) is 0.680. The van der Waals surface area contributed by atoms with Gasteiger partial charge in [-0.25, -0.2) is 4.98 Å². The second-order valence-electron chi connectivity index (χ2n) is 6.35. The number of thiazole rings is 1. The van der Waals surface area contributed by atoms with Crippen molar-refractivity contribution in [3.8, 4) is 0 Å². The Morgan fingerprint density at radius 3 is 3.00 bits per heavy atom. The summed E-state index contributed by atoms with van der Waals surface area (Å²) in [5, 5.41) is 13.4. The summed E-state index contributed by atoms with van der Waals surface area (Å²) in [7, 11) is 0. The molecule has 0 aliphatic carbocycles. The van der Waals surface area contributed by atoms with E-state index in [2.05, 4.69) is 6.07 Å². The first kappa shape index (κ1) is 17.3. The predicted molar refractivity (Wildman–Crippen MR) is 104 cm³/mol. The zero-order valence-electron chi connectivity index (χ0n) is 14.2. The van der Waals surface area contributed by atoms with Crippen molar-refractivity contribution in [2.24, 2.45) is 0 Å². The molecule has 1 aliphatic heterocycles. The molecule has 0 bridgehead atoms. The second kappa shape index (κ2) is 7.63. The van der Waals surface area contributed by atoms with Gasteiger partial charge >= 0.3 is 0 Å². The third-order valence-electron chi connectivity index (χ3n) is 4.57. The van der Waals surface area contributed by atoms with Crippen molar-refractivity contribution in [3.63, 3.8) is 0 Å². The van der Waals surface area contributed by atoms with Crippen molar-refractivity contribution in [3.05, 3.63) is 58.9 Å². The van der Waals surface area contributed by atoms with Crippen LogP contribution in [-0.2, 0) is 4.79 Å². The summed E-state index contributed by atoms with van der Waals surface area (Å²) in [6, 6.07) is 13.4. The molecule has 1 saturated heterocycles. The van der Waals surface area contributed by atoms with E-state index in [9.17, 15) is 10.0 Å². The van der Waals surface area contributed by atoms with Gasteiger partial charge in [-0.05, 0) is 42.8 Å². The van der Waals surface area contributed by atoms with Gasteiger partial charge in [-0.3, -0.25) is 4.79 Å². The number of thioether (sulfide) groups is 1. The number of aromatic nitrogens is 2. The number of carbonyl (C=O) groups excluding carboxylic acids is 1. The monoisotopic (exact) mass is 385 g/mol. The van der Waals surface area contributed by atoms with E-state index >= 15 is 0 Å². The van der Waals surface area contributed by atoms with Crippen molar-refractivity contribution in [1.29, 1.82) is 0 Å². The van der Waals surface area contributed by atoms with E-state index < -0.39 is 0 Å². The highest BCUT2D eigenvalue weighted by Crippen LogP contribution is 2.33. The third-order valence-corrected chi connectivity index (χ3v) is 6.77. The van der Waals surface area contributed by atoms with Gasteiger partial charge < -0.3 is 10.1 Å². The Bertz CT molecular complexity index is 895. The number of hydrogen-bond donors (Lipinski definition) is 0. The van der Waals surface area contributed by atoms with Gasteiger partial charge in [-0.2, -0.15) is 4.73 Å². The van der Waals surface area contributed by atoms with Gasteiger partial charge in [0.2, 0.25) is 5.91 Å². The van der Waals surface area contributed by atoms with Crippen LogP contribution in [0.2, 0.25) is 0 Å². The average Bonchev–Trinajstić information content (AvgIpc) is 3.11. The van der Waals surface area contributed by atoms with Gasteiger partial charge in [0.1, 0.15) is 0 Å². The van der Waals surface area contributed by atoms with Gasteiger partial charge in [-0.15, -0.1) is 11.3 Å². The van der Waals surface area contributed by atoms with Crippen LogP contribution in [0.15, 0.2) is 53.7 Å². The molecule has 1 atom stereocenters. The quantitative estimate of drug-likeness (QED) is 0.392. The first-order valence-electron chi connectivity index (χ1n) is 8.65. The van der Waals surface area contributed by atoms with E-state index in [0.717, 1.165) is 34.6 Å². The lowest BCUT2D eigenvalue weighted by molar-refractivity contribution is -0.645. The number of amides is 1. The first-order chi connectivity index (χ1) is 12.7. The number of likely N-dealkylation sites (tertiary alicyclic amines) is 1. The number of nitrogens with zero attached hydrogens (tertiary/aromatic N) is 3. The minimum absolute atomic E-state index is 0.0877. The van der Waals surface area contributed by atoms with Crippen molar-refractivity contribution in [2.45, 2.75) is 23.8 Å². The minimum atomic E-state index is 0.0877. The average molecular weight is 386 g/mol. The van der Waals surface area contributed by atoms with Crippen LogP contribution in [-0.4, -0.2) is 34.6 Å². The van der Waals surface area contributed by atoms with E-state index in [1.807, 2.05) is 29.2 Å². The van der Waals surface area contributed by atoms with Crippen LogP contribution in [0.3, 0.4) is 0 Å². The molecule has 0 saturated carbocycles. The largest absolute Gasteiger partial charge is 0.618 e. The highest BCUT2D eigenvalue weighted by Gasteiger charge is 2.27. The smallest absolute Gasteiger partial charge is 0.251 e. The van der Waals surface area contributed by atoms with Gasteiger partial charge in [0.05, 0.1) is 21.0 Å². The lowest BCUT2D eigenvalue weighted by atomic mass is 9.99. The van der Waals surface area contributed by atoms with Gasteiger partial charge in [0, 0.05) is 31.1 Å². The second-order valence-corrected chi connectivity index (χ2v) is 8.41. The fourth-order valence-corrected chi connectivity index (χ4v) is 5.13. The van der Waals surface area contributed by atoms with Crippen LogP contribution in [0.1, 0.15) is 23.8 Å². The molecule has 3 aromatic rings. The molecule has 1 aromatic carbocycles. The van der Waals surface area contributed by atoms with Crippen LogP contribution < -0.4 is 4.73 Å². The van der Waals surface area contributed by atoms with Crippen LogP contribution in [0.5, 0.6) is 0 Å². The summed E-state index contributed by atoms with van der Waals surface area (Å²) in [5.41, 5.74) is 1.04. The number of hydrogen-bond acceptors (Lipinski definition) is 5. The van der Waals surface area contributed by atoms with Crippen molar-refractivity contribution >= 4 is 39.2 Å². The highest BCUT2D eigenvalue weighted by molar-refractivity contribution is 7.99. The maximum absolute atomic E-state index is 12.6. The fraction of sp³-hybridized carbons (Fsp3) is 0.316. The molecule has 26 heavy (non-hydrogen) atoms. The Kier molecular flexibility index (Phi) is 5.08. The summed E-state index contributed by atoms with van der Waals surface area (Å²) < 4.78 is 2.00. The number of carbonyl (C=O) groups is 1. The predicted octanol–water partition coefficient (Wildman–Crippen LogP) is 3.43. The topological polar surface area (TPSA) is 60.1 Å². The van der Waals surface area contributed by atoms with Gasteiger partial charge in [0.25, 0.3) is 5.03 Å². The molecule has 7 heteroatoms. The molecule has 0 spiro atoms. The number of rotatable bonds is 4. The maximum atomic E-state index is 12.6. The third kappa shape index (κ3) is 3.68. The Morgan fingerprint density at radius 1 is 1.31 bits per heavy atom. The molecule has 3 heterocycles. The van der Waals surface area contributed by atoms with E-state index in [4.69, 9.17) is 4.98 Å². The molecular formula is C19H19N3O2S2. The molecule has 0 unspecified atom stereocenters. The number of fused-ring (bicyclic) bond motifs is 1. The van der Waals surface area contributed by atoms with E-state index in [0.29, 0.717) is 23.2 Å². The molecular weight excluding hydrogens is 366 g/mol. The molecule has 4 rings (SSSR count). The molecule has 0 radical (unpaired) electrons. The molecule has 5 nitrogen and oxygen atoms in total. The van der Waals surface area contributed by atoms with Crippen LogP contribution in [0, 0.1) is 5.21 Å². The first-order valence-corrected chi connectivity index (χ1v) is 10.4. The summed E-state index contributed by atoms with van der Waals surface area (Å²) in [6.07, 6.45) is 3.51. The molecule has 2 aromatic heterocycles. The number of piperidine rings is 1. The van der Waals surface area contributed by atoms with Crippen molar-refractivity contribution < 1.29 is 9.52 Å². The minimum Gasteiger partial charge on any atom is -0.618 e. The molecule has 1 fully saturated rings. The van der Waals surface area contributed by atoms with Crippen molar-refractivity contribution in [1.82, 2.24) is 9.88 Å². The summed E-state index contributed by atoms with van der Waals surface area (Å²) in [4.78, 5) is 19.3. The summed E-state index contributed by atoms with van der Waals surface area (Å²) in [6.45, 7) is 1.50. The standard InChI is InChI=1S/C19H19N3O2S2/c23-17(13-25-18-9-3-4-11-22(18)24)21-10-5-6-14(12-21)19-20-15-7-1-2-8-16(15)26-19/h1-4,7-9,11,14H,5-6,10,12-13H2/t14-/m1/s1. The van der Waals surface area contributed by atoms with Crippen molar-refractivity contribution in [2.75, 3.05) is 18.8 Å². The lowest BCUT2D eigenvalue weighted by Gasteiger charge is -2.31. The summed E-state index contributed by atoms with van der Waals surface area (Å²) >= 11 is 3.03. The molecule has 1 amide bonds. The maximum Gasteiger partial charge on any atom is 0.251 e. The Morgan fingerprint density at radius 2 is 2.15 bits per heavy atom. The lowest BCUT2D eigenvalue weighted by Crippen LogP contribution is -2.40. The van der Waals surface area contributed by atoms with Crippen LogP contribution >= 0.6 is 23.1 Å². The molecule has 0 N–H and O–H groups in total. The van der Waals surface area contributed by atoms with Crippen LogP contribution in [0.4, 0.5) is 0 Å². The number of benzene rings is 1. The SMILES string of the molecule is O=C(CSc1cccc[n+]1[O-])N1CCC[C@@H](c2nc3ccccc3s2)C1. The zero-order chi connectivity index (χ0) is 17.9. The van der Waals surface area contributed by atoms with E-state index in [1.54, 1.807) is 23.5 Å².